The molecule has 3 heterocycles. The van der Waals surface area contributed by atoms with E-state index in [1.165, 1.54) is 22.2 Å². The molecule has 0 saturated carbocycles. The van der Waals surface area contributed by atoms with Crippen LogP contribution >= 0.6 is 35.3 Å². The normalized spacial score (nSPS) is 16.8. The van der Waals surface area contributed by atoms with Crippen molar-refractivity contribution in [2.75, 3.05) is 7.05 Å². The van der Waals surface area contributed by atoms with Crippen LogP contribution in [0.2, 0.25) is 0 Å². The van der Waals surface area contributed by atoms with E-state index >= 15 is 0 Å². The van der Waals surface area contributed by atoms with Gasteiger partial charge in [0, 0.05) is 14.1 Å². The van der Waals surface area contributed by atoms with Gasteiger partial charge >= 0.3 is 0 Å². The third kappa shape index (κ3) is 2.49. The maximum absolute atomic E-state index is 12.1. The number of benzene rings is 1. The molecule has 0 radical (unpaired) electrons. The van der Waals surface area contributed by atoms with E-state index in [9.17, 15) is 4.79 Å². The number of thiazole rings is 1. The second-order valence-corrected chi connectivity index (χ2v) is 8.17. The third-order valence-electron chi connectivity index (χ3n) is 3.91. The maximum Gasteiger partial charge on any atom is 0.266 e. The zero-order valence-electron chi connectivity index (χ0n) is 13.0. The lowest BCUT2D eigenvalue weighted by Gasteiger charge is -2.03. The van der Waals surface area contributed by atoms with Crippen LogP contribution in [-0.4, -0.2) is 31.7 Å². The SMILES string of the molecule is CN1C(=O)/C(=C\c2nc3c(cc(-c4ccccc4)n3C)s2)SC1=S. The summed E-state index contributed by atoms with van der Waals surface area (Å²) >= 11 is 8.06. The molecule has 1 amide bonds. The smallest absolute Gasteiger partial charge is 0.266 e. The molecule has 3 aromatic rings. The number of carbonyl (C=O) groups is 1. The molecule has 2 aromatic heterocycles. The van der Waals surface area contributed by atoms with Crippen molar-refractivity contribution in [1.82, 2.24) is 14.5 Å². The molecule has 4 rings (SSSR count). The average Bonchev–Trinajstić information content (AvgIpc) is 3.19. The predicted octanol–water partition coefficient (Wildman–Crippen LogP) is 4.13. The number of rotatable bonds is 2. The number of likely N-dealkylation sites (N-methyl/N-ethyl adjacent to an activating group) is 1. The summed E-state index contributed by atoms with van der Waals surface area (Å²) in [4.78, 5) is 18.9. The lowest BCUT2D eigenvalue weighted by molar-refractivity contribution is -0.121. The van der Waals surface area contributed by atoms with Crippen LogP contribution in [0.15, 0.2) is 41.3 Å². The molecule has 0 atom stereocenters. The van der Waals surface area contributed by atoms with Crippen molar-refractivity contribution < 1.29 is 4.79 Å². The molecule has 1 saturated heterocycles. The number of nitrogens with zero attached hydrogens (tertiary/aromatic N) is 3. The third-order valence-corrected chi connectivity index (χ3v) is 6.33. The summed E-state index contributed by atoms with van der Waals surface area (Å²) in [5, 5.41) is 0.823. The standard InChI is InChI=1S/C17H13N3OS3/c1-19-11(10-6-4-3-5-7-10)8-12-15(19)18-14(23-12)9-13-16(21)20(2)17(22)24-13/h3-9H,1-2H3/b13-9+. The number of hydrogen-bond acceptors (Lipinski definition) is 5. The van der Waals surface area contributed by atoms with Gasteiger partial charge in [0.1, 0.15) is 9.33 Å². The van der Waals surface area contributed by atoms with Gasteiger partial charge in [-0.15, -0.1) is 11.3 Å². The molecule has 0 N–H and O–H groups in total. The number of carbonyl (C=O) groups excluding carboxylic acids is 1. The first-order valence-corrected chi connectivity index (χ1v) is 9.32. The highest BCUT2D eigenvalue weighted by atomic mass is 32.2. The van der Waals surface area contributed by atoms with E-state index in [0.29, 0.717) is 9.23 Å². The van der Waals surface area contributed by atoms with E-state index in [-0.39, 0.29) is 5.91 Å². The summed E-state index contributed by atoms with van der Waals surface area (Å²) in [5.74, 6) is -0.0609. The predicted molar refractivity (Wildman–Crippen MR) is 105 cm³/mol. The molecule has 1 aromatic carbocycles. The number of thiocarbonyl (C=S) groups is 1. The largest absolute Gasteiger partial charge is 0.328 e. The van der Waals surface area contributed by atoms with Crippen molar-refractivity contribution in [3.63, 3.8) is 0 Å². The molecule has 0 bridgehead atoms. The Morgan fingerprint density at radius 3 is 2.58 bits per heavy atom. The summed E-state index contributed by atoms with van der Waals surface area (Å²) in [5.41, 5.74) is 3.23. The summed E-state index contributed by atoms with van der Waals surface area (Å²) in [7, 11) is 3.71. The molecule has 4 nitrogen and oxygen atoms in total. The van der Waals surface area contributed by atoms with Gasteiger partial charge in [0.2, 0.25) is 0 Å². The van der Waals surface area contributed by atoms with Crippen molar-refractivity contribution in [2.24, 2.45) is 7.05 Å². The second kappa shape index (κ2) is 5.84. The molecule has 1 fully saturated rings. The van der Waals surface area contributed by atoms with Crippen molar-refractivity contribution in [1.29, 1.82) is 0 Å². The van der Waals surface area contributed by atoms with Gasteiger partial charge in [-0.05, 0) is 17.7 Å². The van der Waals surface area contributed by atoms with E-state index in [2.05, 4.69) is 27.8 Å². The van der Waals surface area contributed by atoms with Gasteiger partial charge in [-0.3, -0.25) is 9.69 Å². The average molecular weight is 372 g/mol. The Kier molecular flexibility index (Phi) is 3.79. The van der Waals surface area contributed by atoms with Crippen LogP contribution in [-0.2, 0) is 11.8 Å². The second-order valence-electron chi connectivity index (χ2n) is 5.44. The fourth-order valence-corrected chi connectivity index (χ4v) is 4.82. The van der Waals surface area contributed by atoms with Gasteiger partial charge in [-0.2, -0.15) is 0 Å². The number of thioether (sulfide) groups is 1. The van der Waals surface area contributed by atoms with Gasteiger partial charge in [-0.25, -0.2) is 4.98 Å². The molecule has 0 aliphatic carbocycles. The van der Waals surface area contributed by atoms with Crippen LogP contribution < -0.4 is 0 Å². The van der Waals surface area contributed by atoms with Gasteiger partial charge in [-0.1, -0.05) is 54.3 Å². The molecule has 1 aliphatic rings. The lowest BCUT2D eigenvalue weighted by Crippen LogP contribution is -2.22. The Morgan fingerprint density at radius 2 is 1.96 bits per heavy atom. The van der Waals surface area contributed by atoms with E-state index < -0.39 is 0 Å². The van der Waals surface area contributed by atoms with E-state index in [1.54, 1.807) is 18.4 Å². The fourth-order valence-electron chi connectivity index (χ4n) is 2.62. The first-order chi connectivity index (χ1) is 11.5. The Labute approximate surface area is 152 Å². The molecule has 24 heavy (non-hydrogen) atoms. The van der Waals surface area contributed by atoms with Crippen molar-refractivity contribution in [3.05, 3.63) is 46.3 Å². The zero-order valence-corrected chi connectivity index (χ0v) is 15.5. The summed E-state index contributed by atoms with van der Waals surface area (Å²) in [6.45, 7) is 0. The van der Waals surface area contributed by atoms with Crippen LogP contribution in [0.3, 0.4) is 0 Å². The fraction of sp³-hybridized carbons (Fsp3) is 0.118. The number of fused-ring (bicyclic) bond motifs is 1. The number of amides is 1. The van der Waals surface area contributed by atoms with Gasteiger partial charge in [0.15, 0.2) is 5.65 Å². The monoisotopic (exact) mass is 371 g/mol. The Balaban J connectivity index is 1.74. The van der Waals surface area contributed by atoms with E-state index in [4.69, 9.17) is 12.2 Å². The minimum atomic E-state index is -0.0609. The minimum Gasteiger partial charge on any atom is -0.328 e. The Morgan fingerprint density at radius 1 is 1.21 bits per heavy atom. The maximum atomic E-state index is 12.1. The highest BCUT2D eigenvalue weighted by molar-refractivity contribution is 8.26. The van der Waals surface area contributed by atoms with Crippen LogP contribution in [0.1, 0.15) is 5.01 Å². The quantitative estimate of drug-likeness (QED) is 0.501. The first-order valence-electron chi connectivity index (χ1n) is 7.28. The van der Waals surface area contributed by atoms with Crippen LogP contribution in [0.4, 0.5) is 0 Å². The highest BCUT2D eigenvalue weighted by Crippen LogP contribution is 2.35. The molecular weight excluding hydrogens is 358 g/mol. The molecule has 0 unspecified atom stereocenters. The first kappa shape index (κ1) is 15.6. The number of aryl methyl sites for hydroxylation is 1. The van der Waals surface area contributed by atoms with Gasteiger partial charge < -0.3 is 4.57 Å². The topological polar surface area (TPSA) is 38.1 Å². The summed E-state index contributed by atoms with van der Waals surface area (Å²) in [6, 6.07) is 12.4. The van der Waals surface area contributed by atoms with Crippen LogP contribution in [0, 0.1) is 0 Å². The Bertz CT molecular complexity index is 1000. The molecule has 7 heteroatoms. The zero-order chi connectivity index (χ0) is 16.8. The molecule has 120 valence electrons. The molecular formula is C17H13N3OS3. The van der Waals surface area contributed by atoms with Crippen molar-refractivity contribution in [3.8, 4) is 11.3 Å². The Hall–Kier alpha value is -1.96. The van der Waals surface area contributed by atoms with Gasteiger partial charge in [0.05, 0.1) is 15.3 Å². The molecule has 0 spiro atoms. The lowest BCUT2D eigenvalue weighted by atomic mass is 10.1. The van der Waals surface area contributed by atoms with E-state index in [0.717, 1.165) is 21.0 Å². The highest BCUT2D eigenvalue weighted by Gasteiger charge is 2.29. The van der Waals surface area contributed by atoms with E-state index in [1.807, 2.05) is 31.3 Å². The number of hydrogen-bond donors (Lipinski definition) is 0. The van der Waals surface area contributed by atoms with Gasteiger partial charge in [0.25, 0.3) is 5.91 Å². The minimum absolute atomic E-state index is 0.0609. The summed E-state index contributed by atoms with van der Waals surface area (Å²) in [6.07, 6.45) is 1.83. The van der Waals surface area contributed by atoms with Crippen molar-refractivity contribution >= 4 is 62.0 Å². The number of aromatic nitrogens is 2. The van der Waals surface area contributed by atoms with Crippen LogP contribution in [0.5, 0.6) is 0 Å². The van der Waals surface area contributed by atoms with Crippen molar-refractivity contribution in [2.45, 2.75) is 0 Å². The molecule has 1 aliphatic heterocycles. The van der Waals surface area contributed by atoms with Crippen LogP contribution in [0.25, 0.3) is 27.7 Å². The summed E-state index contributed by atoms with van der Waals surface area (Å²) < 4.78 is 3.78.